The van der Waals surface area contributed by atoms with Crippen molar-refractivity contribution < 1.29 is 22.9 Å². The van der Waals surface area contributed by atoms with E-state index in [1.165, 1.54) is 13.0 Å². The van der Waals surface area contributed by atoms with Gasteiger partial charge in [0.15, 0.2) is 0 Å². The molecule has 7 heteroatoms. The van der Waals surface area contributed by atoms with Crippen LogP contribution in [-0.4, -0.2) is 29.8 Å². The van der Waals surface area contributed by atoms with Gasteiger partial charge in [-0.15, -0.1) is 11.3 Å². The molecular formula is C8H10O5S2. The molecule has 0 saturated carbocycles. The van der Waals surface area contributed by atoms with Crippen molar-refractivity contribution in [1.82, 2.24) is 0 Å². The van der Waals surface area contributed by atoms with E-state index in [1.54, 1.807) is 11.4 Å². The molecule has 0 radical (unpaired) electrons. The van der Waals surface area contributed by atoms with Crippen molar-refractivity contribution in [3.63, 3.8) is 0 Å². The summed E-state index contributed by atoms with van der Waals surface area (Å²) < 4.78 is 30.2. The molecule has 1 atom stereocenters. The Morgan fingerprint density at radius 1 is 1.60 bits per heavy atom. The van der Waals surface area contributed by atoms with Gasteiger partial charge in [-0.25, -0.2) is 0 Å². The third-order valence-corrected chi connectivity index (χ3v) is 4.08. The van der Waals surface area contributed by atoms with Crippen molar-refractivity contribution in [2.75, 3.05) is 5.75 Å². The van der Waals surface area contributed by atoms with Gasteiger partial charge in [0, 0.05) is 4.88 Å². The van der Waals surface area contributed by atoms with Crippen molar-refractivity contribution in [3.05, 3.63) is 22.4 Å². The fourth-order valence-electron chi connectivity index (χ4n) is 1.20. The fraction of sp³-hybridized carbons (Fsp3) is 0.375. The number of carbonyl (C=O) groups is 1. The van der Waals surface area contributed by atoms with Crippen LogP contribution in [0.2, 0.25) is 0 Å². The lowest BCUT2D eigenvalue weighted by atomic mass is 9.91. The molecule has 84 valence electrons. The Hall–Kier alpha value is -0.920. The quantitative estimate of drug-likeness (QED) is 0.777. The molecule has 0 saturated heterocycles. The largest absolute Gasteiger partial charge is 0.481 e. The predicted octanol–water partition coefficient (Wildman–Crippen LogP) is 0.978. The Bertz CT molecular complexity index is 447. The second kappa shape index (κ2) is 3.92. The molecule has 0 fully saturated rings. The van der Waals surface area contributed by atoms with Gasteiger partial charge in [-0.3, -0.25) is 9.35 Å². The van der Waals surface area contributed by atoms with Crippen LogP contribution in [0.25, 0.3) is 0 Å². The van der Waals surface area contributed by atoms with Gasteiger partial charge in [0.1, 0.15) is 5.41 Å². The highest BCUT2D eigenvalue weighted by molar-refractivity contribution is 7.85. The molecule has 1 heterocycles. The van der Waals surface area contributed by atoms with E-state index in [-0.39, 0.29) is 0 Å². The Morgan fingerprint density at radius 2 is 2.20 bits per heavy atom. The SMILES string of the molecule is CC(CS(=O)(=O)O)(C(=O)O)c1cccs1. The molecule has 0 bridgehead atoms. The molecule has 0 aliphatic heterocycles. The second-order valence-electron chi connectivity index (χ2n) is 3.34. The van der Waals surface area contributed by atoms with Gasteiger partial charge >= 0.3 is 5.97 Å². The summed E-state index contributed by atoms with van der Waals surface area (Å²) >= 11 is 1.14. The predicted molar refractivity (Wildman–Crippen MR) is 55.7 cm³/mol. The van der Waals surface area contributed by atoms with Crippen molar-refractivity contribution in [2.24, 2.45) is 0 Å². The molecule has 15 heavy (non-hydrogen) atoms. The minimum absolute atomic E-state index is 0.396. The monoisotopic (exact) mass is 250 g/mol. The lowest BCUT2D eigenvalue weighted by molar-refractivity contribution is -0.142. The summed E-state index contributed by atoms with van der Waals surface area (Å²) in [4.78, 5) is 11.4. The molecule has 5 nitrogen and oxygen atoms in total. The maximum atomic E-state index is 11.0. The Morgan fingerprint density at radius 3 is 2.53 bits per heavy atom. The zero-order valence-corrected chi connectivity index (χ0v) is 9.51. The second-order valence-corrected chi connectivity index (χ2v) is 5.74. The Labute approximate surface area is 91.1 Å². The Kier molecular flexibility index (Phi) is 3.17. The normalized spacial score (nSPS) is 15.9. The van der Waals surface area contributed by atoms with E-state index in [2.05, 4.69) is 0 Å². The summed E-state index contributed by atoms with van der Waals surface area (Å²) in [5.74, 6) is -2.10. The molecule has 0 spiro atoms. The highest BCUT2D eigenvalue weighted by Crippen LogP contribution is 2.29. The van der Waals surface area contributed by atoms with Crippen LogP contribution in [0.4, 0.5) is 0 Å². The Balaban J connectivity index is 3.17. The molecule has 0 amide bonds. The summed E-state index contributed by atoms with van der Waals surface area (Å²) in [5, 5.41) is 10.7. The topological polar surface area (TPSA) is 91.7 Å². The van der Waals surface area contributed by atoms with Gasteiger partial charge in [0.2, 0.25) is 0 Å². The first-order valence-electron chi connectivity index (χ1n) is 3.98. The maximum absolute atomic E-state index is 11.0. The van der Waals surface area contributed by atoms with E-state index in [1.807, 2.05) is 0 Å². The van der Waals surface area contributed by atoms with E-state index in [4.69, 9.17) is 9.66 Å². The summed E-state index contributed by atoms with van der Waals surface area (Å²) in [6.07, 6.45) is 0. The summed E-state index contributed by atoms with van der Waals surface area (Å²) in [6, 6.07) is 3.16. The molecule has 1 aromatic heterocycles. The average molecular weight is 250 g/mol. The lowest BCUT2D eigenvalue weighted by Crippen LogP contribution is -2.38. The zero-order valence-electron chi connectivity index (χ0n) is 7.87. The van der Waals surface area contributed by atoms with Crippen LogP contribution >= 0.6 is 11.3 Å². The van der Waals surface area contributed by atoms with E-state index in [9.17, 15) is 13.2 Å². The first-order chi connectivity index (χ1) is 6.76. The lowest BCUT2D eigenvalue weighted by Gasteiger charge is -2.21. The molecule has 2 N–H and O–H groups in total. The van der Waals surface area contributed by atoms with E-state index in [0.29, 0.717) is 4.88 Å². The van der Waals surface area contributed by atoms with Crippen LogP contribution in [0.3, 0.4) is 0 Å². The van der Waals surface area contributed by atoms with E-state index < -0.39 is 27.3 Å². The molecule has 0 aliphatic carbocycles. The van der Waals surface area contributed by atoms with Gasteiger partial charge in [-0.1, -0.05) is 6.07 Å². The maximum Gasteiger partial charge on any atom is 0.315 e. The van der Waals surface area contributed by atoms with Crippen LogP contribution in [0.15, 0.2) is 17.5 Å². The minimum Gasteiger partial charge on any atom is -0.481 e. The molecule has 1 unspecified atom stereocenters. The van der Waals surface area contributed by atoms with Crippen LogP contribution in [0.1, 0.15) is 11.8 Å². The third kappa shape index (κ3) is 2.77. The van der Waals surface area contributed by atoms with Gasteiger partial charge < -0.3 is 5.11 Å². The fourth-order valence-corrected chi connectivity index (χ4v) is 3.18. The summed E-state index contributed by atoms with van der Waals surface area (Å²) in [7, 11) is -4.33. The standard InChI is InChI=1S/C8H10O5S2/c1-8(7(9)10,5-15(11,12)13)6-3-2-4-14-6/h2-4H,5H2,1H3,(H,9,10)(H,11,12,13). The third-order valence-electron chi connectivity index (χ3n) is 2.01. The first kappa shape index (κ1) is 12.2. The number of carboxylic acids is 1. The van der Waals surface area contributed by atoms with Crippen molar-refractivity contribution in [2.45, 2.75) is 12.3 Å². The highest BCUT2D eigenvalue weighted by Gasteiger charge is 2.40. The number of carboxylic acid groups (broad SMARTS) is 1. The van der Waals surface area contributed by atoms with Crippen LogP contribution < -0.4 is 0 Å². The highest BCUT2D eigenvalue weighted by atomic mass is 32.2. The van der Waals surface area contributed by atoms with Crippen molar-refractivity contribution in [3.8, 4) is 0 Å². The van der Waals surface area contributed by atoms with E-state index >= 15 is 0 Å². The van der Waals surface area contributed by atoms with Crippen LogP contribution in [0.5, 0.6) is 0 Å². The van der Waals surface area contributed by atoms with Crippen LogP contribution in [0, 0.1) is 0 Å². The average Bonchev–Trinajstić information content (AvgIpc) is 2.51. The summed E-state index contributed by atoms with van der Waals surface area (Å²) in [5.41, 5.74) is -1.60. The molecule has 0 aromatic carbocycles. The number of hydrogen-bond donors (Lipinski definition) is 2. The zero-order chi connectivity index (χ0) is 11.7. The molecule has 1 aromatic rings. The number of rotatable bonds is 4. The van der Waals surface area contributed by atoms with Crippen molar-refractivity contribution >= 4 is 27.4 Å². The van der Waals surface area contributed by atoms with Gasteiger partial charge in [-0.2, -0.15) is 8.42 Å². The first-order valence-corrected chi connectivity index (χ1v) is 6.47. The molecule has 0 aliphatic rings. The number of hydrogen-bond acceptors (Lipinski definition) is 4. The minimum atomic E-state index is -4.33. The number of thiophene rings is 1. The van der Waals surface area contributed by atoms with Gasteiger partial charge in [0.25, 0.3) is 10.1 Å². The van der Waals surface area contributed by atoms with Gasteiger partial charge in [0.05, 0.1) is 5.75 Å². The molecule has 1 rings (SSSR count). The van der Waals surface area contributed by atoms with Crippen molar-refractivity contribution in [1.29, 1.82) is 0 Å². The smallest absolute Gasteiger partial charge is 0.315 e. The molecular weight excluding hydrogens is 240 g/mol. The van der Waals surface area contributed by atoms with E-state index in [0.717, 1.165) is 11.3 Å². The number of aliphatic carboxylic acids is 1. The van der Waals surface area contributed by atoms with Gasteiger partial charge in [-0.05, 0) is 18.4 Å². The van der Waals surface area contributed by atoms with Crippen LogP contribution in [-0.2, 0) is 20.3 Å². The summed E-state index contributed by atoms with van der Waals surface area (Å²) in [6.45, 7) is 1.27.